The monoisotopic (exact) mass is 319 g/mol. The number of rotatable bonds is 5. The lowest BCUT2D eigenvalue weighted by atomic mass is 9.87. The highest BCUT2D eigenvalue weighted by molar-refractivity contribution is 5.27. The normalized spacial score (nSPS) is 13.1. The molecule has 2 aromatic carbocycles. The number of aliphatic hydroxyl groups excluding tert-OH is 1. The molecule has 2 rings (SSSR count). The number of hydrogen-bond acceptors (Lipinski definition) is 2. The van der Waals surface area contributed by atoms with Crippen molar-refractivity contribution >= 4 is 0 Å². The van der Waals surface area contributed by atoms with Gasteiger partial charge in [-0.3, -0.25) is 0 Å². The molecule has 124 valence electrons. The van der Waals surface area contributed by atoms with Gasteiger partial charge in [0.25, 0.3) is 0 Å². The summed E-state index contributed by atoms with van der Waals surface area (Å²) in [6, 6.07) is 11.5. The van der Waals surface area contributed by atoms with Crippen molar-refractivity contribution in [1.29, 1.82) is 0 Å². The molecule has 2 aromatic rings. The number of benzene rings is 2. The van der Waals surface area contributed by atoms with Gasteiger partial charge in [0.05, 0.1) is 6.10 Å². The molecule has 2 N–H and O–H groups in total. The molecule has 23 heavy (non-hydrogen) atoms. The minimum atomic E-state index is -1.01. The standard InChI is InChI=1S/C19H23F2NO/c1-19(2,3)14-6-4-13(5-7-14)11-22-12-18(23)16-9-8-15(20)10-17(16)21/h4-10,18,22-23H,11-12H2,1-3H3/t18-/m1/s1. The van der Waals surface area contributed by atoms with Crippen LogP contribution in [0.2, 0.25) is 0 Å². The third kappa shape index (κ3) is 4.85. The van der Waals surface area contributed by atoms with Crippen LogP contribution in [0.25, 0.3) is 0 Å². The Balaban J connectivity index is 1.89. The van der Waals surface area contributed by atoms with Crippen LogP contribution < -0.4 is 5.32 Å². The van der Waals surface area contributed by atoms with E-state index < -0.39 is 17.7 Å². The van der Waals surface area contributed by atoms with Gasteiger partial charge in [-0.2, -0.15) is 0 Å². The van der Waals surface area contributed by atoms with Crippen molar-refractivity contribution < 1.29 is 13.9 Å². The summed E-state index contributed by atoms with van der Waals surface area (Å²) in [6.45, 7) is 7.25. The first-order chi connectivity index (χ1) is 10.8. The first kappa shape index (κ1) is 17.6. The lowest BCUT2D eigenvalue weighted by Crippen LogP contribution is -2.22. The van der Waals surface area contributed by atoms with Crippen molar-refractivity contribution in [3.8, 4) is 0 Å². The molecule has 0 aliphatic carbocycles. The minimum absolute atomic E-state index is 0.0991. The van der Waals surface area contributed by atoms with Gasteiger partial charge >= 0.3 is 0 Å². The minimum Gasteiger partial charge on any atom is -0.387 e. The summed E-state index contributed by atoms with van der Waals surface area (Å²) < 4.78 is 26.4. The molecule has 0 unspecified atom stereocenters. The number of aliphatic hydroxyl groups is 1. The fourth-order valence-corrected chi connectivity index (χ4v) is 2.36. The van der Waals surface area contributed by atoms with Crippen LogP contribution in [0.3, 0.4) is 0 Å². The Morgan fingerprint density at radius 2 is 1.70 bits per heavy atom. The van der Waals surface area contributed by atoms with Gasteiger partial charge in [-0.25, -0.2) is 8.78 Å². The predicted octanol–water partition coefficient (Wildman–Crippen LogP) is 4.09. The summed E-state index contributed by atoms with van der Waals surface area (Å²) in [5.41, 5.74) is 2.56. The van der Waals surface area contributed by atoms with E-state index in [1.54, 1.807) is 0 Å². The second-order valence-corrected chi connectivity index (χ2v) is 6.76. The summed E-state index contributed by atoms with van der Waals surface area (Å²) in [5.74, 6) is -1.38. The molecule has 0 aliphatic heterocycles. The summed E-state index contributed by atoms with van der Waals surface area (Å²) in [7, 11) is 0. The lowest BCUT2D eigenvalue weighted by Gasteiger charge is -2.19. The van der Waals surface area contributed by atoms with E-state index in [2.05, 4.69) is 38.2 Å². The highest BCUT2D eigenvalue weighted by Crippen LogP contribution is 2.22. The SMILES string of the molecule is CC(C)(C)c1ccc(CNC[C@@H](O)c2ccc(F)cc2F)cc1. The predicted molar refractivity (Wildman–Crippen MR) is 88.2 cm³/mol. The van der Waals surface area contributed by atoms with Crippen LogP contribution >= 0.6 is 0 Å². The van der Waals surface area contributed by atoms with E-state index in [1.165, 1.54) is 11.6 Å². The molecule has 0 bridgehead atoms. The largest absolute Gasteiger partial charge is 0.387 e. The molecule has 4 heteroatoms. The van der Waals surface area contributed by atoms with E-state index in [9.17, 15) is 13.9 Å². The van der Waals surface area contributed by atoms with Crippen LogP contribution in [0, 0.1) is 11.6 Å². The van der Waals surface area contributed by atoms with Crippen LogP contribution in [0.5, 0.6) is 0 Å². The van der Waals surface area contributed by atoms with Gasteiger partial charge in [0.1, 0.15) is 11.6 Å². The highest BCUT2D eigenvalue weighted by atomic mass is 19.1. The second kappa shape index (κ2) is 7.20. The topological polar surface area (TPSA) is 32.3 Å². The van der Waals surface area contributed by atoms with Crippen LogP contribution in [-0.4, -0.2) is 11.7 Å². The molecule has 0 saturated carbocycles. The molecule has 2 nitrogen and oxygen atoms in total. The maximum Gasteiger partial charge on any atom is 0.131 e. The van der Waals surface area contributed by atoms with Gasteiger partial charge in [-0.05, 0) is 22.6 Å². The molecule has 0 heterocycles. The van der Waals surface area contributed by atoms with Crippen molar-refractivity contribution in [2.45, 2.75) is 38.8 Å². The smallest absolute Gasteiger partial charge is 0.131 e. The molecule has 0 fully saturated rings. The van der Waals surface area contributed by atoms with Gasteiger partial charge < -0.3 is 10.4 Å². The maximum absolute atomic E-state index is 13.6. The Labute approximate surface area is 136 Å². The van der Waals surface area contributed by atoms with Gasteiger partial charge in [0.15, 0.2) is 0 Å². The third-order valence-electron chi connectivity index (χ3n) is 3.81. The Bertz CT molecular complexity index is 647. The van der Waals surface area contributed by atoms with Gasteiger partial charge in [-0.1, -0.05) is 51.1 Å². The lowest BCUT2D eigenvalue weighted by molar-refractivity contribution is 0.169. The average Bonchev–Trinajstić information content (AvgIpc) is 2.46. The van der Waals surface area contributed by atoms with E-state index in [-0.39, 0.29) is 17.5 Å². The summed E-state index contributed by atoms with van der Waals surface area (Å²) in [6.07, 6.45) is -1.01. The quantitative estimate of drug-likeness (QED) is 0.870. The van der Waals surface area contributed by atoms with E-state index in [0.29, 0.717) is 6.54 Å². The second-order valence-electron chi connectivity index (χ2n) is 6.76. The van der Waals surface area contributed by atoms with E-state index >= 15 is 0 Å². The zero-order valence-corrected chi connectivity index (χ0v) is 13.7. The van der Waals surface area contributed by atoms with Crippen molar-refractivity contribution in [2.24, 2.45) is 0 Å². The Kier molecular flexibility index (Phi) is 5.50. The summed E-state index contributed by atoms with van der Waals surface area (Å²) in [4.78, 5) is 0. The average molecular weight is 319 g/mol. The molecular weight excluding hydrogens is 296 g/mol. The van der Waals surface area contributed by atoms with E-state index in [4.69, 9.17) is 0 Å². The Hall–Kier alpha value is -1.78. The first-order valence-electron chi connectivity index (χ1n) is 7.70. The van der Waals surface area contributed by atoms with Crippen LogP contribution in [0.15, 0.2) is 42.5 Å². The molecule has 0 saturated heterocycles. The highest BCUT2D eigenvalue weighted by Gasteiger charge is 2.14. The maximum atomic E-state index is 13.6. The first-order valence-corrected chi connectivity index (χ1v) is 7.70. The summed E-state index contributed by atoms with van der Waals surface area (Å²) >= 11 is 0. The molecule has 0 aliphatic rings. The Morgan fingerprint density at radius 1 is 1.04 bits per heavy atom. The fourth-order valence-electron chi connectivity index (χ4n) is 2.36. The van der Waals surface area contributed by atoms with Crippen molar-refractivity contribution in [2.75, 3.05) is 6.54 Å². The van der Waals surface area contributed by atoms with Gasteiger partial charge in [-0.15, -0.1) is 0 Å². The van der Waals surface area contributed by atoms with Gasteiger partial charge in [0, 0.05) is 24.7 Å². The molecule has 0 amide bonds. The van der Waals surface area contributed by atoms with Crippen LogP contribution in [-0.2, 0) is 12.0 Å². The van der Waals surface area contributed by atoms with Crippen LogP contribution in [0.4, 0.5) is 8.78 Å². The van der Waals surface area contributed by atoms with Crippen molar-refractivity contribution in [1.82, 2.24) is 5.32 Å². The van der Waals surface area contributed by atoms with Crippen molar-refractivity contribution in [3.05, 3.63) is 70.8 Å². The number of nitrogens with one attached hydrogen (secondary N) is 1. The van der Waals surface area contributed by atoms with Crippen LogP contribution in [0.1, 0.15) is 43.6 Å². The van der Waals surface area contributed by atoms with E-state index in [1.807, 2.05) is 12.1 Å². The van der Waals surface area contributed by atoms with Crippen molar-refractivity contribution in [3.63, 3.8) is 0 Å². The molecule has 0 aromatic heterocycles. The fraction of sp³-hybridized carbons (Fsp3) is 0.368. The molecule has 0 spiro atoms. The Morgan fingerprint density at radius 3 is 2.26 bits per heavy atom. The molecular formula is C19H23F2NO. The third-order valence-corrected chi connectivity index (χ3v) is 3.81. The molecule has 0 radical (unpaired) electrons. The zero-order valence-electron chi connectivity index (χ0n) is 13.7. The summed E-state index contributed by atoms with van der Waals surface area (Å²) in [5, 5.41) is 13.1. The molecule has 1 atom stereocenters. The zero-order chi connectivity index (χ0) is 17.0. The van der Waals surface area contributed by atoms with E-state index in [0.717, 1.165) is 17.7 Å². The number of halogens is 2. The van der Waals surface area contributed by atoms with Gasteiger partial charge in [0.2, 0.25) is 0 Å². The number of hydrogen-bond donors (Lipinski definition) is 2.